The van der Waals surface area contributed by atoms with Crippen LogP contribution in [0.25, 0.3) is 5.76 Å². The molecule has 32 heavy (non-hydrogen) atoms. The maximum Gasteiger partial charge on any atom is 0.344 e. The zero-order valence-corrected chi connectivity index (χ0v) is 18.7. The fourth-order valence-corrected chi connectivity index (χ4v) is 4.96. The summed E-state index contributed by atoms with van der Waals surface area (Å²) in [6, 6.07) is 12.1. The van der Waals surface area contributed by atoms with Crippen molar-refractivity contribution in [1.82, 2.24) is 4.90 Å². The van der Waals surface area contributed by atoms with Gasteiger partial charge in [0.2, 0.25) is 15.9 Å². The summed E-state index contributed by atoms with van der Waals surface area (Å²) in [5.41, 5.74) is 1.28. The Morgan fingerprint density at radius 3 is 2.41 bits per heavy atom. The highest BCUT2D eigenvalue weighted by atomic mass is 32.2. The highest BCUT2D eigenvalue weighted by molar-refractivity contribution is 8.26. The molecule has 0 spiro atoms. The van der Waals surface area contributed by atoms with Crippen LogP contribution in [0.5, 0.6) is 0 Å². The summed E-state index contributed by atoms with van der Waals surface area (Å²) in [4.78, 5) is 38.6. The van der Waals surface area contributed by atoms with Crippen LogP contribution in [-0.4, -0.2) is 42.0 Å². The van der Waals surface area contributed by atoms with Gasteiger partial charge in [-0.2, -0.15) is 0 Å². The first-order valence-corrected chi connectivity index (χ1v) is 11.9. The van der Waals surface area contributed by atoms with Crippen molar-refractivity contribution in [2.75, 3.05) is 11.9 Å². The molecule has 164 valence electrons. The third-order valence-electron chi connectivity index (χ3n) is 4.67. The van der Waals surface area contributed by atoms with Gasteiger partial charge >= 0.3 is 5.97 Å². The Kier molecular flexibility index (Phi) is 5.86. The summed E-state index contributed by atoms with van der Waals surface area (Å²) in [6.45, 7) is 0.0259. The third-order valence-corrected chi connectivity index (χ3v) is 7.03. The maximum atomic E-state index is 12.9. The molecule has 12 heteroatoms. The lowest BCUT2D eigenvalue weighted by Crippen LogP contribution is -2.31. The molecule has 2 heterocycles. The van der Waals surface area contributed by atoms with Crippen molar-refractivity contribution in [3.8, 4) is 0 Å². The van der Waals surface area contributed by atoms with E-state index in [1.165, 1.54) is 29.2 Å². The van der Waals surface area contributed by atoms with Crippen molar-refractivity contribution in [2.45, 2.75) is 11.3 Å². The second-order valence-corrected chi connectivity index (χ2v) is 9.99. The number of esters is 1. The number of anilines is 1. The normalized spacial score (nSPS) is 18.0. The molecule has 0 aromatic heterocycles. The van der Waals surface area contributed by atoms with Gasteiger partial charge in [-0.25, -0.2) is 18.4 Å². The van der Waals surface area contributed by atoms with Crippen molar-refractivity contribution in [2.24, 2.45) is 5.14 Å². The summed E-state index contributed by atoms with van der Waals surface area (Å²) in [7, 11) is -3.83. The molecular formula is C20H15N3O6S3. The number of hydrogen-bond donors (Lipinski definition) is 2. The van der Waals surface area contributed by atoms with Crippen molar-refractivity contribution in [3.05, 3.63) is 64.6 Å². The number of cyclic esters (lactones) is 1. The average molecular weight is 490 g/mol. The number of benzene rings is 2. The van der Waals surface area contributed by atoms with E-state index in [0.29, 0.717) is 16.8 Å². The number of carbonyl (C=O) groups is 3. The Bertz CT molecular complexity index is 1300. The van der Waals surface area contributed by atoms with Crippen molar-refractivity contribution >= 4 is 67.6 Å². The van der Waals surface area contributed by atoms with E-state index in [-0.39, 0.29) is 32.8 Å². The number of nitrogens with one attached hydrogen (secondary N) is 1. The Morgan fingerprint density at radius 2 is 1.75 bits per heavy atom. The van der Waals surface area contributed by atoms with Crippen molar-refractivity contribution < 1.29 is 27.5 Å². The van der Waals surface area contributed by atoms with Gasteiger partial charge in [0, 0.05) is 24.2 Å². The van der Waals surface area contributed by atoms with E-state index in [1.54, 1.807) is 24.3 Å². The highest BCUT2D eigenvalue weighted by Gasteiger charge is 2.39. The fraction of sp³-hybridized carbons (Fsp3) is 0.100. The molecule has 4 rings (SSSR count). The smallest absolute Gasteiger partial charge is 0.344 e. The molecule has 0 saturated carbocycles. The average Bonchev–Trinajstić information content (AvgIpc) is 3.22. The molecule has 2 aliphatic heterocycles. The molecule has 0 radical (unpaired) electrons. The summed E-state index contributed by atoms with van der Waals surface area (Å²) < 4.78 is 28.1. The molecule has 0 bridgehead atoms. The van der Waals surface area contributed by atoms with Crippen LogP contribution in [0.15, 0.2) is 58.3 Å². The topological polar surface area (TPSA) is 136 Å². The number of nitrogens with zero attached hydrogens (tertiary/aromatic N) is 1. The number of hydrogen-bond acceptors (Lipinski definition) is 8. The van der Waals surface area contributed by atoms with Gasteiger partial charge in [0.15, 0.2) is 5.76 Å². The number of sulfonamides is 1. The van der Waals surface area contributed by atoms with E-state index in [9.17, 15) is 22.8 Å². The molecule has 2 aromatic carbocycles. The Hall–Kier alpha value is -3.06. The van der Waals surface area contributed by atoms with Gasteiger partial charge in [-0.3, -0.25) is 14.5 Å². The lowest BCUT2D eigenvalue weighted by molar-refractivity contribution is -0.122. The van der Waals surface area contributed by atoms with Crippen LogP contribution < -0.4 is 10.5 Å². The van der Waals surface area contributed by atoms with Gasteiger partial charge in [0.1, 0.15) is 9.23 Å². The molecule has 0 unspecified atom stereocenters. The van der Waals surface area contributed by atoms with Crippen LogP contribution in [0, 0.1) is 0 Å². The summed E-state index contributed by atoms with van der Waals surface area (Å²) in [6.07, 6.45) is -0.0532. The minimum Gasteiger partial charge on any atom is -0.421 e. The predicted octanol–water partition coefficient (Wildman–Crippen LogP) is 2.06. The van der Waals surface area contributed by atoms with Gasteiger partial charge in [-0.15, -0.1) is 0 Å². The zero-order chi connectivity index (χ0) is 23.0. The van der Waals surface area contributed by atoms with Crippen molar-refractivity contribution in [1.29, 1.82) is 0 Å². The molecule has 2 amide bonds. The monoisotopic (exact) mass is 489 g/mol. The van der Waals surface area contributed by atoms with Crippen LogP contribution in [-0.2, 0) is 24.3 Å². The summed E-state index contributed by atoms with van der Waals surface area (Å²) in [5, 5.41) is 7.66. The highest BCUT2D eigenvalue weighted by Crippen LogP contribution is 2.41. The second kappa shape index (κ2) is 8.47. The van der Waals surface area contributed by atoms with Crippen molar-refractivity contribution in [3.63, 3.8) is 0 Å². The summed E-state index contributed by atoms with van der Waals surface area (Å²) >= 11 is 6.30. The van der Waals surface area contributed by atoms with E-state index in [4.69, 9.17) is 22.1 Å². The number of primary sulfonamides is 1. The number of nitrogens with two attached hydrogens (primary N) is 1. The first-order valence-electron chi connectivity index (χ1n) is 9.17. The number of thioether (sulfide) groups is 1. The minimum absolute atomic E-state index is 0.0259. The molecule has 0 aliphatic carbocycles. The maximum absolute atomic E-state index is 12.9. The van der Waals surface area contributed by atoms with Crippen LogP contribution in [0.2, 0.25) is 0 Å². The Balaban J connectivity index is 1.43. The zero-order valence-electron chi connectivity index (χ0n) is 16.2. The molecular weight excluding hydrogens is 474 g/mol. The lowest BCUT2D eigenvalue weighted by atomic mass is 10.1. The largest absolute Gasteiger partial charge is 0.421 e. The predicted molar refractivity (Wildman–Crippen MR) is 122 cm³/mol. The van der Waals surface area contributed by atoms with Gasteiger partial charge in [-0.05, 0) is 30.3 Å². The number of amides is 2. The van der Waals surface area contributed by atoms with E-state index in [0.717, 1.165) is 11.8 Å². The van der Waals surface area contributed by atoms with Crippen LogP contribution in [0.1, 0.15) is 22.3 Å². The van der Waals surface area contributed by atoms with Crippen LogP contribution >= 0.6 is 24.0 Å². The molecule has 1 fully saturated rings. The molecule has 1 saturated heterocycles. The second-order valence-electron chi connectivity index (χ2n) is 6.79. The van der Waals surface area contributed by atoms with E-state index < -0.39 is 27.8 Å². The van der Waals surface area contributed by atoms with Gasteiger partial charge in [0.25, 0.3) is 5.91 Å². The molecule has 2 aliphatic rings. The quantitative estimate of drug-likeness (QED) is 0.370. The molecule has 2 aromatic rings. The number of ether oxygens (including phenoxy) is 1. The molecule has 9 nitrogen and oxygen atoms in total. The Morgan fingerprint density at radius 1 is 1.09 bits per heavy atom. The van der Waals surface area contributed by atoms with E-state index >= 15 is 0 Å². The third kappa shape index (κ3) is 4.30. The first-order chi connectivity index (χ1) is 15.1. The van der Waals surface area contributed by atoms with Gasteiger partial charge in [-0.1, -0.05) is 42.2 Å². The first kappa shape index (κ1) is 22.1. The molecule has 3 N–H and O–H groups in total. The molecule has 0 atom stereocenters. The van der Waals surface area contributed by atoms with E-state index in [1.807, 2.05) is 0 Å². The van der Waals surface area contributed by atoms with E-state index in [2.05, 4.69) is 5.32 Å². The number of fused-ring (bicyclic) bond motifs is 1. The van der Waals surface area contributed by atoms with Gasteiger partial charge < -0.3 is 10.1 Å². The van der Waals surface area contributed by atoms with Crippen LogP contribution in [0.3, 0.4) is 0 Å². The number of carbonyl (C=O) groups excluding carboxylic acids is 3. The lowest BCUT2D eigenvalue weighted by Gasteiger charge is -2.14. The number of thiocarbonyl (C=S) groups is 1. The summed E-state index contributed by atoms with van der Waals surface area (Å²) in [5.74, 6) is -1.20. The Labute approximate surface area is 192 Å². The fourth-order valence-electron chi connectivity index (χ4n) is 3.12. The standard InChI is InChI=1S/C20H15N3O6S3/c21-32(27,28)12-7-5-11(6-8-12)22-15(24)9-10-23-18(25)17(31-20(23)30)16-13-3-1-2-4-14(13)19(26)29-16/h1-8H,9-10H2,(H,22,24)(H2,21,27,28)/b17-16-. The minimum atomic E-state index is -3.83. The van der Waals surface area contributed by atoms with Gasteiger partial charge in [0.05, 0.1) is 10.5 Å². The number of rotatable bonds is 5. The van der Waals surface area contributed by atoms with Crippen LogP contribution in [0.4, 0.5) is 5.69 Å². The SMILES string of the molecule is NS(=O)(=O)c1ccc(NC(=O)CCN2C(=O)/C(=C3/OC(=O)c4ccccc43)SC2=S)cc1.